The van der Waals surface area contributed by atoms with E-state index in [0.29, 0.717) is 4.47 Å². The van der Waals surface area contributed by atoms with E-state index in [9.17, 15) is 22.8 Å². The number of benzene rings is 2. The van der Waals surface area contributed by atoms with E-state index in [1.165, 1.54) is 30.3 Å². The van der Waals surface area contributed by atoms with Crippen LogP contribution in [-0.2, 0) is 15.7 Å². The Hall–Kier alpha value is -2.35. The Morgan fingerprint density at radius 2 is 1.58 bits per heavy atom. The Labute approximate surface area is 143 Å². The molecule has 0 radical (unpaired) electrons. The van der Waals surface area contributed by atoms with E-state index in [1.807, 2.05) is 0 Å². The summed E-state index contributed by atoms with van der Waals surface area (Å²) in [6.45, 7) is 0. The molecule has 0 saturated heterocycles. The molecule has 0 unspecified atom stereocenters. The van der Waals surface area contributed by atoms with E-state index >= 15 is 0 Å². The summed E-state index contributed by atoms with van der Waals surface area (Å²) in [6, 6.07) is 8.36. The van der Waals surface area contributed by atoms with Crippen LogP contribution in [0.1, 0.15) is 15.9 Å². The van der Waals surface area contributed by atoms with Gasteiger partial charge in [0.05, 0.1) is 12.7 Å². The molecule has 8 heteroatoms. The molecule has 126 valence electrons. The van der Waals surface area contributed by atoms with Gasteiger partial charge in [0.15, 0.2) is 0 Å². The second kappa shape index (κ2) is 7.04. The summed E-state index contributed by atoms with van der Waals surface area (Å²) in [5.74, 6) is -1.36. The average Bonchev–Trinajstić information content (AvgIpc) is 2.53. The summed E-state index contributed by atoms with van der Waals surface area (Å²) >= 11 is 3.14. The monoisotopic (exact) mass is 402 g/mol. The Bertz CT molecular complexity index is 770. The minimum atomic E-state index is -4.42. The maximum absolute atomic E-state index is 12.5. The van der Waals surface area contributed by atoms with Crippen LogP contribution in [0.4, 0.5) is 13.2 Å². The van der Waals surface area contributed by atoms with Gasteiger partial charge in [-0.1, -0.05) is 0 Å². The van der Waals surface area contributed by atoms with Gasteiger partial charge in [0.2, 0.25) is 0 Å². The third-order valence-electron chi connectivity index (χ3n) is 2.97. The molecular formula is C16H10BrF3O4. The van der Waals surface area contributed by atoms with Crippen molar-refractivity contribution in [3.8, 4) is 11.5 Å². The molecular weight excluding hydrogens is 393 g/mol. The first-order chi connectivity index (χ1) is 11.2. The van der Waals surface area contributed by atoms with Crippen molar-refractivity contribution in [2.75, 3.05) is 7.11 Å². The molecule has 0 amide bonds. The molecule has 0 heterocycles. The standard InChI is InChI=1S/C16H10BrF3O4/c1-23-15(22)14(21)12-7-6-11(8-13(12)17)24-10-4-2-9(3-5-10)16(18,19)20/h2-8H,1H3. The van der Waals surface area contributed by atoms with Crippen molar-refractivity contribution in [1.29, 1.82) is 0 Å². The van der Waals surface area contributed by atoms with Crippen LogP contribution in [0.5, 0.6) is 11.5 Å². The molecule has 0 aliphatic rings. The maximum Gasteiger partial charge on any atom is 0.416 e. The van der Waals surface area contributed by atoms with Crippen molar-refractivity contribution in [2.45, 2.75) is 6.18 Å². The molecule has 0 aliphatic carbocycles. The van der Waals surface area contributed by atoms with Crippen LogP contribution in [0.2, 0.25) is 0 Å². The molecule has 0 spiro atoms. The highest BCUT2D eigenvalue weighted by Gasteiger charge is 2.30. The van der Waals surface area contributed by atoms with Crippen LogP contribution in [-0.4, -0.2) is 18.9 Å². The van der Waals surface area contributed by atoms with Crippen LogP contribution in [0.3, 0.4) is 0 Å². The number of carbonyl (C=O) groups is 2. The van der Waals surface area contributed by atoms with E-state index in [-0.39, 0.29) is 17.1 Å². The smallest absolute Gasteiger partial charge is 0.416 e. The zero-order chi connectivity index (χ0) is 17.9. The van der Waals surface area contributed by atoms with Crippen LogP contribution < -0.4 is 4.74 Å². The Morgan fingerprint density at radius 3 is 2.08 bits per heavy atom. The number of esters is 1. The zero-order valence-electron chi connectivity index (χ0n) is 12.2. The summed E-state index contributed by atoms with van der Waals surface area (Å²) in [7, 11) is 1.09. The quantitative estimate of drug-likeness (QED) is 0.425. The Kier molecular flexibility index (Phi) is 5.28. The van der Waals surface area contributed by atoms with E-state index in [2.05, 4.69) is 20.7 Å². The van der Waals surface area contributed by atoms with Gasteiger partial charge in [-0.2, -0.15) is 13.2 Å². The largest absolute Gasteiger partial charge is 0.463 e. The predicted molar refractivity (Wildman–Crippen MR) is 82.0 cm³/mol. The van der Waals surface area contributed by atoms with Crippen molar-refractivity contribution < 1.29 is 32.2 Å². The van der Waals surface area contributed by atoms with Gasteiger partial charge in [0.25, 0.3) is 5.78 Å². The number of carbonyl (C=O) groups excluding carboxylic acids is 2. The first kappa shape index (κ1) is 18.0. The maximum atomic E-state index is 12.5. The lowest BCUT2D eigenvalue weighted by Gasteiger charge is -2.10. The number of Topliss-reactive ketones (excluding diaryl/α,β-unsaturated/α-hetero) is 1. The van der Waals surface area contributed by atoms with E-state index < -0.39 is 23.5 Å². The number of ether oxygens (including phenoxy) is 2. The minimum Gasteiger partial charge on any atom is -0.463 e. The number of alkyl halides is 3. The minimum absolute atomic E-state index is 0.0848. The number of hydrogen-bond donors (Lipinski definition) is 0. The second-order valence-corrected chi connectivity index (χ2v) is 5.44. The first-order valence-corrected chi connectivity index (χ1v) is 7.29. The lowest BCUT2D eigenvalue weighted by Crippen LogP contribution is -2.16. The fourth-order valence-electron chi connectivity index (χ4n) is 1.79. The van der Waals surface area contributed by atoms with Crippen molar-refractivity contribution in [2.24, 2.45) is 0 Å². The van der Waals surface area contributed by atoms with E-state index in [0.717, 1.165) is 19.2 Å². The lowest BCUT2D eigenvalue weighted by atomic mass is 10.1. The van der Waals surface area contributed by atoms with Gasteiger partial charge in [-0.3, -0.25) is 4.79 Å². The molecule has 4 nitrogen and oxygen atoms in total. The van der Waals surface area contributed by atoms with Gasteiger partial charge in [0.1, 0.15) is 11.5 Å². The molecule has 24 heavy (non-hydrogen) atoms. The third-order valence-corrected chi connectivity index (χ3v) is 3.63. The number of halogens is 4. The molecule has 2 aromatic carbocycles. The van der Waals surface area contributed by atoms with Crippen LogP contribution >= 0.6 is 15.9 Å². The molecule has 0 fully saturated rings. The highest BCUT2D eigenvalue weighted by molar-refractivity contribution is 9.10. The fourth-order valence-corrected chi connectivity index (χ4v) is 2.33. The van der Waals surface area contributed by atoms with E-state index in [4.69, 9.17) is 4.74 Å². The molecule has 0 aliphatic heterocycles. The number of methoxy groups -OCH3 is 1. The summed E-state index contributed by atoms with van der Waals surface area (Å²) in [5.41, 5.74) is -0.698. The van der Waals surface area contributed by atoms with Crippen molar-refractivity contribution in [1.82, 2.24) is 0 Å². The molecule has 2 aromatic rings. The second-order valence-electron chi connectivity index (χ2n) is 4.59. The van der Waals surface area contributed by atoms with E-state index in [1.54, 1.807) is 0 Å². The fraction of sp³-hybridized carbons (Fsp3) is 0.125. The van der Waals surface area contributed by atoms with Crippen LogP contribution in [0.25, 0.3) is 0 Å². The number of hydrogen-bond acceptors (Lipinski definition) is 4. The Balaban J connectivity index is 2.18. The third kappa shape index (κ3) is 4.14. The molecule has 0 aromatic heterocycles. The molecule has 0 saturated carbocycles. The first-order valence-electron chi connectivity index (χ1n) is 6.49. The van der Waals surface area contributed by atoms with Crippen molar-refractivity contribution >= 4 is 27.7 Å². The number of rotatable bonds is 4. The lowest BCUT2D eigenvalue weighted by molar-refractivity contribution is -0.137. The highest BCUT2D eigenvalue weighted by atomic mass is 79.9. The van der Waals surface area contributed by atoms with Crippen molar-refractivity contribution in [3.05, 3.63) is 58.1 Å². The van der Waals surface area contributed by atoms with Gasteiger partial charge < -0.3 is 9.47 Å². The van der Waals surface area contributed by atoms with Gasteiger partial charge in [-0.15, -0.1) is 0 Å². The summed E-state index contributed by atoms with van der Waals surface area (Å²) in [5, 5.41) is 0. The van der Waals surface area contributed by atoms with Gasteiger partial charge in [0, 0.05) is 10.0 Å². The van der Waals surface area contributed by atoms with Gasteiger partial charge in [-0.05, 0) is 58.4 Å². The summed E-state index contributed by atoms with van der Waals surface area (Å²) < 4.78 is 47.6. The normalized spacial score (nSPS) is 11.0. The topological polar surface area (TPSA) is 52.6 Å². The Morgan fingerprint density at radius 1 is 1.00 bits per heavy atom. The number of ketones is 1. The van der Waals surface area contributed by atoms with Gasteiger partial charge >= 0.3 is 12.1 Å². The average molecular weight is 403 g/mol. The van der Waals surface area contributed by atoms with Crippen LogP contribution in [0.15, 0.2) is 46.9 Å². The van der Waals surface area contributed by atoms with Crippen LogP contribution in [0, 0.1) is 0 Å². The molecule has 0 atom stereocenters. The SMILES string of the molecule is COC(=O)C(=O)c1ccc(Oc2ccc(C(F)(F)F)cc2)cc1Br. The summed E-state index contributed by atoms with van der Waals surface area (Å²) in [4.78, 5) is 23.0. The zero-order valence-corrected chi connectivity index (χ0v) is 13.8. The van der Waals surface area contributed by atoms with Gasteiger partial charge in [-0.25, -0.2) is 4.79 Å². The molecule has 0 N–H and O–H groups in total. The van der Waals surface area contributed by atoms with Crippen molar-refractivity contribution in [3.63, 3.8) is 0 Å². The predicted octanol–water partition coefficient (Wildman–Crippen LogP) is 4.62. The molecule has 0 bridgehead atoms. The summed E-state index contributed by atoms with van der Waals surface area (Å²) in [6.07, 6.45) is -4.42. The highest BCUT2D eigenvalue weighted by Crippen LogP contribution is 2.32. The molecule has 2 rings (SSSR count).